The van der Waals surface area contributed by atoms with Gasteiger partial charge in [0.1, 0.15) is 5.00 Å². The number of benzene rings is 1. The molecule has 0 aliphatic heterocycles. The normalized spacial score (nSPS) is 10.8. The van der Waals surface area contributed by atoms with Crippen molar-refractivity contribution in [1.29, 1.82) is 0 Å². The molecule has 0 atom stereocenters. The summed E-state index contributed by atoms with van der Waals surface area (Å²) in [6.45, 7) is 9.48. The van der Waals surface area contributed by atoms with Crippen molar-refractivity contribution in [3.63, 3.8) is 0 Å². The maximum Gasteiger partial charge on any atom is 0.341 e. The van der Waals surface area contributed by atoms with Crippen LogP contribution in [0, 0.1) is 27.7 Å². The zero-order valence-corrected chi connectivity index (χ0v) is 17.4. The quantitative estimate of drug-likeness (QED) is 0.639. The zero-order valence-electron chi connectivity index (χ0n) is 16.6. The van der Waals surface area contributed by atoms with E-state index in [9.17, 15) is 9.59 Å². The molecule has 7 heteroatoms. The molecule has 0 spiro atoms. The predicted octanol–water partition coefficient (Wildman–Crippen LogP) is 4.60. The van der Waals surface area contributed by atoms with Crippen molar-refractivity contribution in [3.05, 3.63) is 63.3 Å². The fraction of sp³-hybridized carbons (Fsp3) is 0.286. The third-order valence-electron chi connectivity index (χ3n) is 4.61. The first-order valence-electron chi connectivity index (χ1n) is 9.05. The lowest BCUT2D eigenvalue weighted by molar-refractivity contribution is 0.0527. The number of carbonyl (C=O) groups excluding carboxylic acids is 2. The van der Waals surface area contributed by atoms with Crippen LogP contribution in [0.5, 0.6) is 0 Å². The first-order chi connectivity index (χ1) is 13.3. The van der Waals surface area contributed by atoms with Crippen molar-refractivity contribution in [2.45, 2.75) is 34.6 Å². The highest BCUT2D eigenvalue weighted by Crippen LogP contribution is 2.33. The second-order valence-corrected chi connectivity index (χ2v) is 7.68. The summed E-state index contributed by atoms with van der Waals surface area (Å²) in [5, 5.41) is 7.92. The molecule has 2 heterocycles. The maximum atomic E-state index is 13.0. The summed E-state index contributed by atoms with van der Waals surface area (Å²) in [6, 6.07) is 9.65. The molecule has 0 fully saturated rings. The molecule has 0 aliphatic rings. The SMILES string of the molecule is CCOC(=O)c1c(NC(=O)c2c(C)nn(-c3ccccc3)c2C)sc(C)c1C. The zero-order chi connectivity index (χ0) is 20.4. The molecule has 28 heavy (non-hydrogen) atoms. The van der Waals surface area contributed by atoms with Crippen LogP contribution >= 0.6 is 11.3 Å². The van der Waals surface area contributed by atoms with E-state index >= 15 is 0 Å². The monoisotopic (exact) mass is 397 g/mol. The van der Waals surface area contributed by atoms with Crippen LogP contribution in [0.1, 0.15) is 49.5 Å². The van der Waals surface area contributed by atoms with Gasteiger partial charge in [0.05, 0.1) is 34.8 Å². The summed E-state index contributed by atoms with van der Waals surface area (Å²) in [6.07, 6.45) is 0. The standard InChI is InChI=1S/C21H23N3O3S/c1-6-27-21(26)17-12(2)15(5)28-20(17)22-19(25)18-13(3)23-24(14(18)4)16-10-8-7-9-11-16/h7-11H,6H2,1-5H3,(H,22,25). The lowest BCUT2D eigenvalue weighted by atomic mass is 10.1. The lowest BCUT2D eigenvalue weighted by Gasteiger charge is -2.08. The number of ether oxygens (including phenoxy) is 1. The summed E-state index contributed by atoms with van der Waals surface area (Å²) in [7, 11) is 0. The molecule has 0 saturated carbocycles. The number of amides is 1. The Kier molecular flexibility index (Phi) is 5.65. The molecule has 0 radical (unpaired) electrons. The summed E-state index contributed by atoms with van der Waals surface area (Å²) in [4.78, 5) is 26.4. The molecule has 3 aromatic rings. The Balaban J connectivity index is 1.96. The Morgan fingerprint density at radius 1 is 1.11 bits per heavy atom. The molecule has 1 N–H and O–H groups in total. The van der Waals surface area contributed by atoms with Gasteiger partial charge in [-0.25, -0.2) is 9.48 Å². The van der Waals surface area contributed by atoms with Gasteiger partial charge in [-0.05, 0) is 52.3 Å². The average molecular weight is 398 g/mol. The van der Waals surface area contributed by atoms with Crippen LogP contribution in [0.25, 0.3) is 5.69 Å². The second-order valence-electron chi connectivity index (χ2n) is 6.46. The third kappa shape index (κ3) is 3.57. The Morgan fingerprint density at radius 2 is 1.79 bits per heavy atom. The van der Waals surface area contributed by atoms with Crippen LogP contribution in [-0.4, -0.2) is 28.3 Å². The van der Waals surface area contributed by atoms with Crippen molar-refractivity contribution in [2.24, 2.45) is 0 Å². The third-order valence-corrected chi connectivity index (χ3v) is 5.73. The molecule has 0 saturated heterocycles. The minimum Gasteiger partial charge on any atom is -0.462 e. The Morgan fingerprint density at radius 3 is 2.43 bits per heavy atom. The molecule has 2 aromatic heterocycles. The number of aryl methyl sites for hydroxylation is 2. The number of carbonyl (C=O) groups is 2. The average Bonchev–Trinajstić information content (AvgIpc) is 3.11. The molecule has 0 bridgehead atoms. The van der Waals surface area contributed by atoms with Gasteiger partial charge in [0.25, 0.3) is 5.91 Å². The number of rotatable bonds is 5. The first-order valence-corrected chi connectivity index (χ1v) is 9.86. The Bertz CT molecular complexity index is 1040. The van der Waals surface area contributed by atoms with Crippen molar-refractivity contribution in [3.8, 4) is 5.69 Å². The van der Waals surface area contributed by atoms with Crippen molar-refractivity contribution in [2.75, 3.05) is 11.9 Å². The van der Waals surface area contributed by atoms with Crippen LogP contribution in [0.15, 0.2) is 30.3 Å². The van der Waals surface area contributed by atoms with E-state index in [4.69, 9.17) is 4.74 Å². The maximum absolute atomic E-state index is 13.0. The van der Waals surface area contributed by atoms with Gasteiger partial charge >= 0.3 is 5.97 Å². The van der Waals surface area contributed by atoms with Crippen LogP contribution in [-0.2, 0) is 4.74 Å². The van der Waals surface area contributed by atoms with E-state index in [2.05, 4.69) is 10.4 Å². The Labute approximate surface area is 168 Å². The molecule has 6 nitrogen and oxygen atoms in total. The number of hydrogen-bond acceptors (Lipinski definition) is 5. The highest BCUT2D eigenvalue weighted by atomic mass is 32.1. The summed E-state index contributed by atoms with van der Waals surface area (Å²) in [5.41, 5.74) is 4.00. The van der Waals surface area contributed by atoms with E-state index in [1.54, 1.807) is 18.5 Å². The fourth-order valence-corrected chi connectivity index (χ4v) is 4.17. The molecule has 0 aliphatic carbocycles. The largest absolute Gasteiger partial charge is 0.462 e. The van der Waals surface area contributed by atoms with Gasteiger partial charge in [-0.2, -0.15) is 5.10 Å². The van der Waals surface area contributed by atoms with Gasteiger partial charge in [0.15, 0.2) is 0 Å². The minimum atomic E-state index is -0.423. The Hall–Kier alpha value is -2.93. The molecule has 146 valence electrons. The number of hydrogen-bond donors (Lipinski definition) is 1. The molecular weight excluding hydrogens is 374 g/mol. The number of thiophene rings is 1. The summed E-state index contributed by atoms with van der Waals surface area (Å²) in [5.74, 6) is -0.711. The second kappa shape index (κ2) is 7.98. The first kappa shape index (κ1) is 19.8. The van der Waals surface area contributed by atoms with Gasteiger partial charge in [0, 0.05) is 4.88 Å². The van der Waals surface area contributed by atoms with E-state index < -0.39 is 5.97 Å². The summed E-state index contributed by atoms with van der Waals surface area (Å²) >= 11 is 1.37. The lowest BCUT2D eigenvalue weighted by Crippen LogP contribution is -2.16. The van der Waals surface area contributed by atoms with Crippen molar-refractivity contribution >= 4 is 28.2 Å². The molecule has 1 aromatic carbocycles. The number of nitrogens with zero attached hydrogens (tertiary/aromatic N) is 2. The number of nitrogens with one attached hydrogen (secondary N) is 1. The molecule has 1 amide bonds. The van der Waals surface area contributed by atoms with Crippen LogP contribution in [0.3, 0.4) is 0 Å². The van der Waals surface area contributed by atoms with Crippen molar-refractivity contribution in [1.82, 2.24) is 9.78 Å². The smallest absolute Gasteiger partial charge is 0.341 e. The van der Waals surface area contributed by atoms with Crippen LogP contribution in [0.4, 0.5) is 5.00 Å². The molecule has 3 rings (SSSR count). The van der Waals surface area contributed by atoms with Crippen LogP contribution < -0.4 is 5.32 Å². The summed E-state index contributed by atoms with van der Waals surface area (Å²) < 4.78 is 6.91. The number of para-hydroxylation sites is 1. The highest BCUT2D eigenvalue weighted by Gasteiger charge is 2.25. The van der Waals surface area contributed by atoms with E-state index in [1.165, 1.54) is 11.3 Å². The van der Waals surface area contributed by atoms with Crippen molar-refractivity contribution < 1.29 is 14.3 Å². The van der Waals surface area contributed by atoms with Gasteiger partial charge in [-0.1, -0.05) is 18.2 Å². The van der Waals surface area contributed by atoms with Crippen LogP contribution in [0.2, 0.25) is 0 Å². The number of esters is 1. The number of anilines is 1. The van der Waals surface area contributed by atoms with E-state index in [0.717, 1.165) is 21.8 Å². The van der Waals surface area contributed by atoms with E-state index in [-0.39, 0.29) is 12.5 Å². The highest BCUT2D eigenvalue weighted by molar-refractivity contribution is 7.16. The predicted molar refractivity (Wildman–Crippen MR) is 111 cm³/mol. The molecular formula is C21H23N3O3S. The van der Waals surface area contributed by atoms with Gasteiger partial charge in [0.2, 0.25) is 0 Å². The minimum absolute atomic E-state index is 0.280. The van der Waals surface area contributed by atoms with Gasteiger partial charge < -0.3 is 10.1 Å². The topological polar surface area (TPSA) is 73.2 Å². The van der Waals surface area contributed by atoms with E-state index in [1.807, 2.05) is 51.1 Å². The fourth-order valence-electron chi connectivity index (χ4n) is 3.12. The van der Waals surface area contributed by atoms with Gasteiger partial charge in [-0.15, -0.1) is 11.3 Å². The number of aromatic nitrogens is 2. The van der Waals surface area contributed by atoms with Gasteiger partial charge in [-0.3, -0.25) is 4.79 Å². The molecule has 0 unspecified atom stereocenters. The van der Waals surface area contributed by atoms with E-state index in [0.29, 0.717) is 21.8 Å².